The largest absolute Gasteiger partial charge is 0.372 e. The van der Waals surface area contributed by atoms with Crippen LogP contribution in [0.4, 0.5) is 0 Å². The second-order valence-electron chi connectivity index (χ2n) is 6.74. The molecule has 1 aliphatic heterocycles. The third-order valence-electron chi connectivity index (χ3n) is 4.44. The van der Waals surface area contributed by atoms with E-state index in [0.717, 1.165) is 32.4 Å². The molecule has 0 radical (unpaired) electrons. The van der Waals surface area contributed by atoms with Crippen molar-refractivity contribution in [1.82, 2.24) is 4.90 Å². The molecule has 0 atom stereocenters. The molecule has 2 aliphatic rings. The molecular formula is C15H28N2O2. The van der Waals surface area contributed by atoms with Crippen molar-refractivity contribution in [3.63, 3.8) is 0 Å². The molecule has 1 amide bonds. The zero-order valence-corrected chi connectivity index (χ0v) is 12.4. The molecule has 2 fully saturated rings. The Morgan fingerprint density at radius 3 is 2.63 bits per heavy atom. The van der Waals surface area contributed by atoms with Crippen LogP contribution in [-0.4, -0.2) is 42.1 Å². The van der Waals surface area contributed by atoms with Gasteiger partial charge in [0.25, 0.3) is 0 Å². The summed E-state index contributed by atoms with van der Waals surface area (Å²) in [6, 6.07) is 0.395. The minimum Gasteiger partial charge on any atom is -0.372 e. The van der Waals surface area contributed by atoms with E-state index in [1.165, 1.54) is 12.8 Å². The van der Waals surface area contributed by atoms with Gasteiger partial charge in [0.2, 0.25) is 5.91 Å². The molecule has 4 nitrogen and oxygen atoms in total. The van der Waals surface area contributed by atoms with Crippen molar-refractivity contribution < 1.29 is 9.53 Å². The predicted octanol–water partition coefficient (Wildman–Crippen LogP) is 1.92. The maximum Gasteiger partial charge on any atom is 0.222 e. The molecule has 2 rings (SSSR count). The number of ether oxygens (including phenoxy) is 1. The first-order valence-corrected chi connectivity index (χ1v) is 7.63. The van der Waals surface area contributed by atoms with E-state index in [2.05, 4.69) is 13.8 Å². The SMILES string of the molecule is CC1(C)CN(C(=O)CCC2CCC(N)CC2)CCO1. The topological polar surface area (TPSA) is 55.6 Å². The van der Waals surface area contributed by atoms with Crippen LogP contribution in [0.3, 0.4) is 0 Å². The fraction of sp³-hybridized carbons (Fsp3) is 0.933. The highest BCUT2D eigenvalue weighted by Gasteiger charge is 2.30. The van der Waals surface area contributed by atoms with E-state index >= 15 is 0 Å². The van der Waals surface area contributed by atoms with Crippen molar-refractivity contribution in [2.24, 2.45) is 11.7 Å². The van der Waals surface area contributed by atoms with Gasteiger partial charge in [0.1, 0.15) is 0 Å². The summed E-state index contributed by atoms with van der Waals surface area (Å²) in [5.41, 5.74) is 5.72. The number of hydrogen-bond acceptors (Lipinski definition) is 3. The Kier molecular flexibility index (Phi) is 4.85. The normalized spacial score (nSPS) is 31.2. The number of carbonyl (C=O) groups is 1. The van der Waals surface area contributed by atoms with Crippen molar-refractivity contribution in [3.8, 4) is 0 Å². The molecular weight excluding hydrogens is 240 g/mol. The number of hydrogen-bond donors (Lipinski definition) is 1. The van der Waals surface area contributed by atoms with E-state index in [-0.39, 0.29) is 5.60 Å². The minimum atomic E-state index is -0.189. The fourth-order valence-electron chi connectivity index (χ4n) is 3.19. The third-order valence-corrected chi connectivity index (χ3v) is 4.44. The first-order valence-electron chi connectivity index (χ1n) is 7.63. The maximum absolute atomic E-state index is 12.2. The Balaban J connectivity index is 1.72. The van der Waals surface area contributed by atoms with Crippen LogP contribution in [0, 0.1) is 5.92 Å². The van der Waals surface area contributed by atoms with E-state index in [9.17, 15) is 4.79 Å². The first-order chi connectivity index (χ1) is 8.96. The average molecular weight is 268 g/mol. The third kappa shape index (κ3) is 4.46. The number of morpholine rings is 1. The van der Waals surface area contributed by atoms with Gasteiger partial charge in [-0.2, -0.15) is 0 Å². The van der Waals surface area contributed by atoms with Crippen LogP contribution in [0.2, 0.25) is 0 Å². The summed E-state index contributed by atoms with van der Waals surface area (Å²) in [5, 5.41) is 0. The number of amides is 1. The highest BCUT2D eigenvalue weighted by Crippen LogP contribution is 2.27. The number of nitrogens with zero attached hydrogens (tertiary/aromatic N) is 1. The smallest absolute Gasteiger partial charge is 0.222 e. The summed E-state index contributed by atoms with van der Waals surface area (Å²) < 4.78 is 5.64. The van der Waals surface area contributed by atoms with Crippen molar-refractivity contribution in [2.75, 3.05) is 19.7 Å². The molecule has 1 heterocycles. The summed E-state index contributed by atoms with van der Waals surface area (Å²) in [5.74, 6) is 1.00. The number of nitrogens with two attached hydrogens (primary N) is 1. The summed E-state index contributed by atoms with van der Waals surface area (Å²) in [6.45, 7) is 6.24. The molecule has 0 aromatic heterocycles. The zero-order chi connectivity index (χ0) is 13.9. The Hall–Kier alpha value is -0.610. The first kappa shape index (κ1) is 14.8. The Labute approximate surface area is 116 Å². The highest BCUT2D eigenvalue weighted by atomic mass is 16.5. The summed E-state index contributed by atoms with van der Waals surface area (Å²) in [4.78, 5) is 14.2. The van der Waals surface area contributed by atoms with Gasteiger partial charge in [-0.25, -0.2) is 0 Å². The van der Waals surface area contributed by atoms with Crippen molar-refractivity contribution in [3.05, 3.63) is 0 Å². The van der Waals surface area contributed by atoms with Gasteiger partial charge in [-0.05, 0) is 51.9 Å². The zero-order valence-electron chi connectivity index (χ0n) is 12.4. The lowest BCUT2D eigenvalue weighted by molar-refractivity contribution is -0.146. The lowest BCUT2D eigenvalue weighted by Gasteiger charge is -2.38. The van der Waals surface area contributed by atoms with Crippen LogP contribution < -0.4 is 5.73 Å². The Bertz CT molecular complexity index is 309. The Morgan fingerprint density at radius 1 is 1.32 bits per heavy atom. The minimum absolute atomic E-state index is 0.189. The van der Waals surface area contributed by atoms with Crippen molar-refractivity contribution in [1.29, 1.82) is 0 Å². The molecule has 0 aromatic rings. The number of carbonyl (C=O) groups excluding carboxylic acids is 1. The molecule has 1 aliphatic carbocycles. The molecule has 19 heavy (non-hydrogen) atoms. The van der Waals surface area contributed by atoms with Crippen LogP contribution >= 0.6 is 0 Å². The monoisotopic (exact) mass is 268 g/mol. The quantitative estimate of drug-likeness (QED) is 0.851. The molecule has 1 saturated heterocycles. The number of rotatable bonds is 3. The fourth-order valence-corrected chi connectivity index (χ4v) is 3.19. The molecule has 0 aromatic carbocycles. The van der Waals surface area contributed by atoms with Gasteiger partial charge in [-0.1, -0.05) is 0 Å². The van der Waals surface area contributed by atoms with E-state index in [4.69, 9.17) is 10.5 Å². The van der Waals surface area contributed by atoms with Crippen LogP contribution in [0.5, 0.6) is 0 Å². The average Bonchev–Trinajstić information content (AvgIpc) is 2.36. The van der Waals surface area contributed by atoms with Gasteiger partial charge in [-0.3, -0.25) is 4.79 Å². The van der Waals surface area contributed by atoms with Gasteiger partial charge in [0.15, 0.2) is 0 Å². The van der Waals surface area contributed by atoms with E-state index in [1.807, 2.05) is 4.90 Å². The molecule has 0 bridgehead atoms. The molecule has 0 unspecified atom stereocenters. The van der Waals surface area contributed by atoms with Gasteiger partial charge in [0, 0.05) is 25.6 Å². The van der Waals surface area contributed by atoms with Gasteiger partial charge < -0.3 is 15.4 Å². The van der Waals surface area contributed by atoms with Crippen LogP contribution in [0.25, 0.3) is 0 Å². The lowest BCUT2D eigenvalue weighted by Crippen LogP contribution is -2.50. The van der Waals surface area contributed by atoms with Gasteiger partial charge >= 0.3 is 0 Å². The van der Waals surface area contributed by atoms with Crippen LogP contribution in [0.15, 0.2) is 0 Å². The summed E-state index contributed by atoms with van der Waals surface area (Å²) >= 11 is 0. The summed E-state index contributed by atoms with van der Waals surface area (Å²) in [6.07, 6.45) is 6.37. The second-order valence-corrected chi connectivity index (χ2v) is 6.74. The van der Waals surface area contributed by atoms with E-state index in [0.29, 0.717) is 30.9 Å². The van der Waals surface area contributed by atoms with Gasteiger partial charge in [0.05, 0.1) is 12.2 Å². The van der Waals surface area contributed by atoms with Crippen molar-refractivity contribution >= 4 is 5.91 Å². The van der Waals surface area contributed by atoms with Gasteiger partial charge in [-0.15, -0.1) is 0 Å². The highest BCUT2D eigenvalue weighted by molar-refractivity contribution is 5.76. The molecule has 4 heteroatoms. The molecule has 2 N–H and O–H groups in total. The molecule has 110 valence electrons. The lowest BCUT2D eigenvalue weighted by atomic mass is 9.83. The van der Waals surface area contributed by atoms with E-state index in [1.54, 1.807) is 0 Å². The standard InChI is InChI=1S/C15H28N2O2/c1-15(2)11-17(9-10-19-15)14(18)8-5-12-3-6-13(16)7-4-12/h12-13H,3-11,16H2,1-2H3. The summed E-state index contributed by atoms with van der Waals surface area (Å²) in [7, 11) is 0. The Morgan fingerprint density at radius 2 is 2.00 bits per heavy atom. The van der Waals surface area contributed by atoms with Crippen molar-refractivity contribution in [2.45, 2.75) is 64.0 Å². The molecule has 0 spiro atoms. The second kappa shape index (κ2) is 6.23. The maximum atomic E-state index is 12.2. The predicted molar refractivity (Wildman–Crippen MR) is 75.8 cm³/mol. The van der Waals surface area contributed by atoms with E-state index < -0.39 is 0 Å². The van der Waals surface area contributed by atoms with Crippen LogP contribution in [0.1, 0.15) is 52.4 Å². The van der Waals surface area contributed by atoms with Crippen LogP contribution in [-0.2, 0) is 9.53 Å². The molecule has 1 saturated carbocycles.